The van der Waals surface area contributed by atoms with Crippen molar-refractivity contribution in [3.63, 3.8) is 0 Å². The molecule has 0 spiro atoms. The van der Waals surface area contributed by atoms with Crippen LogP contribution in [0.15, 0.2) is 30.5 Å². The number of benzene rings is 1. The monoisotopic (exact) mass is 432 g/mol. The number of pyridine rings is 1. The molecule has 1 aromatic heterocycles. The number of piperidine rings is 1. The van der Waals surface area contributed by atoms with Crippen molar-refractivity contribution < 1.29 is 27.8 Å². The van der Waals surface area contributed by atoms with E-state index in [1.165, 1.54) is 24.4 Å². The van der Waals surface area contributed by atoms with E-state index in [1.54, 1.807) is 4.90 Å². The molecule has 8 heteroatoms. The number of aldehydes is 1. The first-order valence-corrected chi connectivity index (χ1v) is 10.2. The predicted octanol–water partition coefficient (Wildman–Crippen LogP) is 4.87. The van der Waals surface area contributed by atoms with E-state index in [1.807, 2.05) is 20.8 Å². The Morgan fingerprint density at radius 3 is 2.48 bits per heavy atom. The Hall–Kier alpha value is -3.03. The maximum atomic E-state index is 14.5. The summed E-state index contributed by atoms with van der Waals surface area (Å²) in [6, 6.07) is 4.94. The number of ether oxygens (including phenoxy) is 2. The molecule has 31 heavy (non-hydrogen) atoms. The van der Waals surface area contributed by atoms with Gasteiger partial charge < -0.3 is 14.4 Å². The number of hydrogen-bond acceptors (Lipinski definition) is 5. The van der Waals surface area contributed by atoms with Gasteiger partial charge in [0.25, 0.3) is 0 Å². The molecule has 0 saturated carbocycles. The van der Waals surface area contributed by atoms with Gasteiger partial charge in [0.15, 0.2) is 5.82 Å². The van der Waals surface area contributed by atoms with E-state index in [2.05, 4.69) is 4.98 Å². The van der Waals surface area contributed by atoms with Gasteiger partial charge in [-0.2, -0.15) is 0 Å². The molecule has 166 valence electrons. The van der Waals surface area contributed by atoms with Crippen LogP contribution in [0, 0.1) is 17.6 Å². The Balaban J connectivity index is 1.55. The molecule has 2 aromatic rings. The SMILES string of the molecule is CC(C)(C)OC(=O)N1CCC(COc2cnc(-c3ccc(C=O)cc3F)c(F)c2)CC1. The summed E-state index contributed by atoms with van der Waals surface area (Å²) in [5.74, 6) is -0.966. The van der Waals surface area contributed by atoms with Gasteiger partial charge in [-0.3, -0.25) is 4.79 Å². The standard InChI is InChI=1S/C23H26F2N2O4/c1-23(2,3)31-22(29)27-8-6-15(7-9-27)14-30-17-11-20(25)21(26-12-17)18-5-4-16(13-28)10-19(18)24/h4-5,10-13,15H,6-9,14H2,1-3H3. The fourth-order valence-corrected chi connectivity index (χ4v) is 3.32. The van der Waals surface area contributed by atoms with E-state index in [-0.39, 0.29) is 34.6 Å². The lowest BCUT2D eigenvalue weighted by Crippen LogP contribution is -2.42. The second kappa shape index (κ2) is 9.41. The molecule has 0 radical (unpaired) electrons. The first-order chi connectivity index (χ1) is 14.7. The van der Waals surface area contributed by atoms with E-state index in [9.17, 15) is 18.4 Å². The maximum absolute atomic E-state index is 14.5. The number of amides is 1. The molecule has 2 heterocycles. The minimum absolute atomic E-state index is 0.0239. The van der Waals surface area contributed by atoms with Gasteiger partial charge in [0.05, 0.1) is 12.8 Å². The van der Waals surface area contributed by atoms with Crippen molar-refractivity contribution in [2.75, 3.05) is 19.7 Å². The molecule has 6 nitrogen and oxygen atoms in total. The third-order valence-corrected chi connectivity index (χ3v) is 4.95. The van der Waals surface area contributed by atoms with Gasteiger partial charge in [0.1, 0.15) is 29.1 Å². The molecule has 0 bridgehead atoms. The second-order valence-corrected chi connectivity index (χ2v) is 8.58. The van der Waals surface area contributed by atoms with Crippen LogP contribution in [0.5, 0.6) is 5.75 Å². The highest BCUT2D eigenvalue weighted by atomic mass is 19.1. The van der Waals surface area contributed by atoms with Crippen molar-refractivity contribution in [2.24, 2.45) is 5.92 Å². The van der Waals surface area contributed by atoms with E-state index < -0.39 is 17.2 Å². The smallest absolute Gasteiger partial charge is 0.410 e. The maximum Gasteiger partial charge on any atom is 0.410 e. The summed E-state index contributed by atoms with van der Waals surface area (Å²) in [5.41, 5.74) is -0.531. The highest BCUT2D eigenvalue weighted by Gasteiger charge is 2.27. The Morgan fingerprint density at radius 2 is 1.90 bits per heavy atom. The second-order valence-electron chi connectivity index (χ2n) is 8.58. The van der Waals surface area contributed by atoms with E-state index in [0.29, 0.717) is 26.0 Å². The topological polar surface area (TPSA) is 68.7 Å². The van der Waals surface area contributed by atoms with E-state index in [0.717, 1.165) is 18.9 Å². The molecule has 1 amide bonds. The zero-order chi connectivity index (χ0) is 22.6. The summed E-state index contributed by atoms with van der Waals surface area (Å²) < 4.78 is 39.7. The summed E-state index contributed by atoms with van der Waals surface area (Å²) in [7, 11) is 0. The average molecular weight is 432 g/mol. The van der Waals surface area contributed by atoms with Crippen molar-refractivity contribution in [3.8, 4) is 17.0 Å². The lowest BCUT2D eigenvalue weighted by Gasteiger charge is -2.33. The van der Waals surface area contributed by atoms with Crippen LogP contribution in [-0.4, -0.2) is 47.6 Å². The molecule has 0 N–H and O–H groups in total. The van der Waals surface area contributed by atoms with Crippen molar-refractivity contribution >= 4 is 12.4 Å². The van der Waals surface area contributed by atoms with Gasteiger partial charge in [-0.25, -0.2) is 18.6 Å². The number of carbonyl (C=O) groups excluding carboxylic acids is 2. The van der Waals surface area contributed by atoms with Gasteiger partial charge in [-0.1, -0.05) is 6.07 Å². The number of aromatic nitrogens is 1. The van der Waals surface area contributed by atoms with E-state index >= 15 is 0 Å². The minimum atomic E-state index is -0.721. The predicted molar refractivity (Wildman–Crippen MR) is 111 cm³/mol. The molecule has 0 unspecified atom stereocenters. The number of likely N-dealkylation sites (tertiary alicyclic amines) is 1. The van der Waals surface area contributed by atoms with Gasteiger partial charge >= 0.3 is 6.09 Å². The summed E-state index contributed by atoms with van der Waals surface area (Å²) in [6.45, 7) is 7.01. The van der Waals surface area contributed by atoms with Crippen LogP contribution < -0.4 is 4.74 Å². The zero-order valence-corrected chi connectivity index (χ0v) is 17.9. The number of halogens is 2. The summed E-state index contributed by atoms with van der Waals surface area (Å²) in [4.78, 5) is 28.5. The average Bonchev–Trinajstić information content (AvgIpc) is 2.72. The van der Waals surface area contributed by atoms with Gasteiger partial charge in [-0.05, 0) is 51.7 Å². The fourth-order valence-electron chi connectivity index (χ4n) is 3.32. The van der Waals surface area contributed by atoms with E-state index in [4.69, 9.17) is 9.47 Å². The van der Waals surface area contributed by atoms with Crippen molar-refractivity contribution in [3.05, 3.63) is 47.7 Å². The molecule has 3 rings (SSSR count). The highest BCUT2D eigenvalue weighted by molar-refractivity contribution is 5.76. The number of hydrogen-bond donors (Lipinski definition) is 0. The first-order valence-electron chi connectivity index (χ1n) is 10.2. The van der Waals surface area contributed by atoms with Gasteiger partial charge in [-0.15, -0.1) is 0 Å². The third-order valence-electron chi connectivity index (χ3n) is 4.95. The highest BCUT2D eigenvalue weighted by Crippen LogP contribution is 2.27. The lowest BCUT2D eigenvalue weighted by atomic mass is 9.98. The van der Waals surface area contributed by atoms with Crippen LogP contribution >= 0.6 is 0 Å². The molecule has 1 aliphatic heterocycles. The molecule has 1 fully saturated rings. The molecule has 1 saturated heterocycles. The first kappa shape index (κ1) is 22.7. The molecule has 0 atom stereocenters. The lowest BCUT2D eigenvalue weighted by molar-refractivity contribution is 0.0164. The quantitative estimate of drug-likeness (QED) is 0.631. The van der Waals surface area contributed by atoms with Gasteiger partial charge in [0, 0.05) is 30.3 Å². The minimum Gasteiger partial charge on any atom is -0.492 e. The fraction of sp³-hybridized carbons (Fsp3) is 0.435. The third kappa shape index (κ3) is 5.99. The van der Waals surface area contributed by atoms with Crippen LogP contribution in [0.3, 0.4) is 0 Å². The molecule has 1 aromatic carbocycles. The largest absolute Gasteiger partial charge is 0.492 e. The van der Waals surface area contributed by atoms with Crippen LogP contribution in [0.1, 0.15) is 44.0 Å². The Morgan fingerprint density at radius 1 is 1.19 bits per heavy atom. The number of nitrogens with zero attached hydrogens (tertiary/aromatic N) is 2. The summed E-state index contributed by atoms with van der Waals surface area (Å²) >= 11 is 0. The summed E-state index contributed by atoms with van der Waals surface area (Å²) in [5, 5.41) is 0. The summed E-state index contributed by atoms with van der Waals surface area (Å²) in [6.07, 6.45) is 3.05. The number of rotatable bonds is 5. The normalized spacial score (nSPS) is 14.9. The van der Waals surface area contributed by atoms with Gasteiger partial charge in [0.2, 0.25) is 0 Å². The Kier molecular flexibility index (Phi) is 6.87. The molecule has 0 aliphatic carbocycles. The molecular formula is C23H26F2N2O4. The van der Waals surface area contributed by atoms with Crippen LogP contribution in [0.25, 0.3) is 11.3 Å². The molecular weight excluding hydrogens is 406 g/mol. The Bertz CT molecular complexity index is 951. The van der Waals surface area contributed by atoms with Crippen molar-refractivity contribution in [1.82, 2.24) is 9.88 Å². The number of carbonyl (C=O) groups is 2. The van der Waals surface area contributed by atoms with Crippen LogP contribution in [0.4, 0.5) is 13.6 Å². The molecule has 1 aliphatic rings. The zero-order valence-electron chi connectivity index (χ0n) is 17.9. The Labute approximate surface area is 180 Å². The van der Waals surface area contributed by atoms with Crippen LogP contribution in [0.2, 0.25) is 0 Å². The van der Waals surface area contributed by atoms with Crippen molar-refractivity contribution in [1.29, 1.82) is 0 Å². The van der Waals surface area contributed by atoms with Crippen molar-refractivity contribution in [2.45, 2.75) is 39.2 Å². The van der Waals surface area contributed by atoms with Crippen LogP contribution in [-0.2, 0) is 4.74 Å².